The molecule has 0 spiro atoms. The van der Waals surface area contributed by atoms with Crippen molar-refractivity contribution < 1.29 is 4.79 Å². The van der Waals surface area contributed by atoms with Gasteiger partial charge in [-0.15, -0.1) is 0 Å². The van der Waals surface area contributed by atoms with Crippen LogP contribution in [-0.2, 0) is 0 Å². The molecule has 2 aromatic rings. The number of carbonyl (C=O) groups is 1. The Morgan fingerprint density at radius 3 is 2.58 bits per heavy atom. The van der Waals surface area contributed by atoms with Gasteiger partial charge in [0.15, 0.2) is 0 Å². The molecule has 0 bridgehead atoms. The number of benzene rings is 1. The molecule has 1 heterocycles. The number of aryl methyl sites for hydroxylation is 1. The fraction of sp³-hybridized carbons (Fsp3) is 0.0769. The Morgan fingerprint density at radius 2 is 1.95 bits per heavy atom. The minimum atomic E-state index is -0.284. The molecule has 19 heavy (non-hydrogen) atoms. The van der Waals surface area contributed by atoms with E-state index in [0.29, 0.717) is 21.4 Å². The summed E-state index contributed by atoms with van der Waals surface area (Å²) in [4.78, 5) is 16.2. The largest absolute Gasteiger partial charge is 0.307 e. The van der Waals surface area contributed by atoms with Gasteiger partial charge in [0.25, 0.3) is 5.91 Å². The van der Waals surface area contributed by atoms with Crippen molar-refractivity contribution in [3.63, 3.8) is 0 Å². The summed E-state index contributed by atoms with van der Waals surface area (Å²) in [6, 6.07) is 8.25. The highest BCUT2D eigenvalue weighted by Crippen LogP contribution is 2.23. The van der Waals surface area contributed by atoms with Crippen molar-refractivity contribution in [2.24, 2.45) is 0 Å². The van der Waals surface area contributed by atoms with Crippen LogP contribution in [0.2, 0.25) is 10.0 Å². The number of nitrogens with zero attached hydrogens (tertiary/aromatic N) is 1. The van der Waals surface area contributed by atoms with Crippen molar-refractivity contribution in [3.8, 4) is 0 Å². The van der Waals surface area contributed by atoms with E-state index >= 15 is 0 Å². The molecule has 0 saturated carbocycles. The van der Waals surface area contributed by atoms with Crippen LogP contribution in [0.4, 0.5) is 5.82 Å². The number of amides is 1. The average Bonchev–Trinajstić information content (AvgIpc) is 2.37. The summed E-state index contributed by atoms with van der Waals surface area (Å²) in [5, 5.41) is 3.46. The maximum absolute atomic E-state index is 12.0. The monoisotopic (exact) mass is 358 g/mol. The molecule has 0 aliphatic rings. The average molecular weight is 360 g/mol. The maximum atomic E-state index is 12.0. The SMILES string of the molecule is Cc1nc(NC(=O)c2ccc(Cl)c(Cl)c2)ccc1Br. The molecule has 1 aromatic heterocycles. The first kappa shape index (κ1) is 14.3. The Balaban J connectivity index is 2.20. The lowest BCUT2D eigenvalue weighted by molar-refractivity contribution is 0.102. The van der Waals surface area contributed by atoms with Crippen LogP contribution in [0.1, 0.15) is 16.1 Å². The van der Waals surface area contributed by atoms with E-state index in [2.05, 4.69) is 26.2 Å². The van der Waals surface area contributed by atoms with Crippen LogP contribution >= 0.6 is 39.1 Å². The number of carbonyl (C=O) groups excluding carboxylic acids is 1. The van der Waals surface area contributed by atoms with Crippen LogP contribution in [0.15, 0.2) is 34.8 Å². The van der Waals surface area contributed by atoms with Gasteiger partial charge in [-0.3, -0.25) is 4.79 Å². The lowest BCUT2D eigenvalue weighted by Gasteiger charge is -2.07. The molecule has 0 fully saturated rings. The molecule has 0 saturated heterocycles. The molecule has 98 valence electrons. The number of halogens is 3. The molecule has 0 aliphatic carbocycles. The predicted octanol–water partition coefficient (Wildman–Crippen LogP) is 4.71. The number of anilines is 1. The van der Waals surface area contributed by atoms with E-state index in [1.165, 1.54) is 6.07 Å². The molecule has 0 radical (unpaired) electrons. The van der Waals surface area contributed by atoms with Crippen LogP contribution < -0.4 is 5.32 Å². The molecular formula is C13H9BrCl2N2O. The molecule has 1 aromatic carbocycles. The van der Waals surface area contributed by atoms with Gasteiger partial charge < -0.3 is 5.32 Å². The molecular weight excluding hydrogens is 351 g/mol. The van der Waals surface area contributed by atoms with Gasteiger partial charge in [-0.2, -0.15) is 0 Å². The molecule has 0 aliphatic heterocycles. The zero-order valence-electron chi connectivity index (χ0n) is 9.88. The van der Waals surface area contributed by atoms with Crippen LogP contribution in [0.25, 0.3) is 0 Å². The first-order chi connectivity index (χ1) is 8.97. The smallest absolute Gasteiger partial charge is 0.256 e. The van der Waals surface area contributed by atoms with Gasteiger partial charge in [-0.25, -0.2) is 4.98 Å². The van der Waals surface area contributed by atoms with Gasteiger partial charge in [0, 0.05) is 10.0 Å². The summed E-state index contributed by atoms with van der Waals surface area (Å²) in [6.07, 6.45) is 0. The summed E-state index contributed by atoms with van der Waals surface area (Å²) >= 11 is 15.0. The molecule has 1 N–H and O–H groups in total. The third-order valence-electron chi connectivity index (χ3n) is 2.44. The van der Waals surface area contributed by atoms with E-state index in [4.69, 9.17) is 23.2 Å². The van der Waals surface area contributed by atoms with Gasteiger partial charge >= 0.3 is 0 Å². The Kier molecular flexibility index (Phi) is 4.45. The van der Waals surface area contributed by atoms with Crippen molar-refractivity contribution in [1.82, 2.24) is 4.98 Å². The first-order valence-corrected chi connectivity index (χ1v) is 6.92. The Hall–Kier alpha value is -1.10. The second kappa shape index (κ2) is 5.90. The molecule has 0 unspecified atom stereocenters. The van der Waals surface area contributed by atoms with E-state index in [9.17, 15) is 4.79 Å². The summed E-state index contributed by atoms with van der Waals surface area (Å²) in [7, 11) is 0. The third-order valence-corrected chi connectivity index (χ3v) is 4.02. The molecule has 2 rings (SSSR count). The van der Waals surface area contributed by atoms with Crippen molar-refractivity contribution in [1.29, 1.82) is 0 Å². The topological polar surface area (TPSA) is 42.0 Å². The van der Waals surface area contributed by atoms with Gasteiger partial charge in [0.05, 0.1) is 15.7 Å². The van der Waals surface area contributed by atoms with Crippen molar-refractivity contribution in [2.75, 3.05) is 5.32 Å². The third kappa shape index (κ3) is 3.47. The minimum Gasteiger partial charge on any atom is -0.307 e. The lowest BCUT2D eigenvalue weighted by Crippen LogP contribution is -2.13. The molecule has 1 amide bonds. The van der Waals surface area contributed by atoms with Crippen LogP contribution in [-0.4, -0.2) is 10.9 Å². The number of aromatic nitrogens is 1. The lowest BCUT2D eigenvalue weighted by atomic mass is 10.2. The summed E-state index contributed by atoms with van der Waals surface area (Å²) in [6.45, 7) is 1.85. The van der Waals surface area contributed by atoms with Crippen molar-refractivity contribution in [3.05, 3.63) is 56.1 Å². The predicted molar refractivity (Wildman–Crippen MR) is 81.1 cm³/mol. The fourth-order valence-corrected chi connectivity index (χ4v) is 1.96. The van der Waals surface area contributed by atoms with Gasteiger partial charge in [0.2, 0.25) is 0 Å². The number of nitrogens with one attached hydrogen (secondary N) is 1. The van der Waals surface area contributed by atoms with E-state index in [0.717, 1.165) is 10.2 Å². The van der Waals surface area contributed by atoms with E-state index in [1.807, 2.05) is 13.0 Å². The normalized spacial score (nSPS) is 10.3. The van der Waals surface area contributed by atoms with E-state index < -0.39 is 0 Å². The summed E-state index contributed by atoms with van der Waals surface area (Å²) in [5.41, 5.74) is 1.23. The number of pyridine rings is 1. The second-order valence-corrected chi connectivity index (χ2v) is 5.52. The highest BCUT2D eigenvalue weighted by atomic mass is 79.9. The maximum Gasteiger partial charge on any atom is 0.256 e. The molecule has 6 heteroatoms. The van der Waals surface area contributed by atoms with E-state index in [-0.39, 0.29) is 5.91 Å². The summed E-state index contributed by atoms with van der Waals surface area (Å²) < 4.78 is 0.889. The zero-order valence-corrected chi connectivity index (χ0v) is 13.0. The van der Waals surface area contributed by atoms with Gasteiger partial charge in [0.1, 0.15) is 5.82 Å². The van der Waals surface area contributed by atoms with Gasteiger partial charge in [-0.1, -0.05) is 23.2 Å². The van der Waals surface area contributed by atoms with Crippen molar-refractivity contribution in [2.45, 2.75) is 6.92 Å². The Morgan fingerprint density at radius 1 is 1.21 bits per heavy atom. The highest BCUT2D eigenvalue weighted by Gasteiger charge is 2.09. The van der Waals surface area contributed by atoms with Crippen LogP contribution in [0, 0.1) is 6.92 Å². The Labute approximate surface area is 129 Å². The van der Waals surface area contributed by atoms with Crippen molar-refractivity contribution >= 4 is 50.9 Å². The standard InChI is InChI=1S/C13H9BrCl2N2O/c1-7-9(14)3-5-12(17-7)18-13(19)8-2-4-10(15)11(16)6-8/h2-6H,1H3,(H,17,18,19). The number of hydrogen-bond donors (Lipinski definition) is 1. The van der Waals surface area contributed by atoms with Crippen LogP contribution in [0.3, 0.4) is 0 Å². The molecule has 0 atom stereocenters. The number of rotatable bonds is 2. The zero-order chi connectivity index (χ0) is 14.0. The second-order valence-electron chi connectivity index (χ2n) is 3.85. The minimum absolute atomic E-state index is 0.284. The highest BCUT2D eigenvalue weighted by molar-refractivity contribution is 9.10. The first-order valence-electron chi connectivity index (χ1n) is 5.37. The summed E-state index contributed by atoms with van der Waals surface area (Å²) in [5.74, 6) is 0.199. The fourth-order valence-electron chi connectivity index (χ4n) is 1.44. The van der Waals surface area contributed by atoms with Gasteiger partial charge in [-0.05, 0) is 53.2 Å². The quantitative estimate of drug-likeness (QED) is 0.843. The number of hydrogen-bond acceptors (Lipinski definition) is 2. The van der Waals surface area contributed by atoms with E-state index in [1.54, 1.807) is 18.2 Å². The van der Waals surface area contributed by atoms with Crippen LogP contribution in [0.5, 0.6) is 0 Å². The molecule has 3 nitrogen and oxygen atoms in total. The Bertz CT molecular complexity index is 647.